The number of amides is 1. The van der Waals surface area contributed by atoms with Crippen LogP contribution in [0.2, 0.25) is 0 Å². The number of thioether (sulfide) groups is 1. The molecule has 0 unspecified atom stereocenters. The average molecular weight is 386 g/mol. The zero-order valence-corrected chi connectivity index (χ0v) is 14.8. The number of rotatable bonds is 7. The molecule has 1 N–H and O–H groups in total. The number of carbonyl (C=O) groups is 1. The smallest absolute Gasteiger partial charge is 0.251 e. The van der Waals surface area contributed by atoms with Crippen LogP contribution in [-0.2, 0) is 5.75 Å². The fraction of sp³-hybridized carbons (Fsp3) is 0.267. The van der Waals surface area contributed by atoms with Gasteiger partial charge in [0.15, 0.2) is 0 Å². The molecule has 2 aromatic rings. The van der Waals surface area contributed by atoms with Gasteiger partial charge in [0.2, 0.25) is 0 Å². The average Bonchev–Trinajstić information content (AvgIpc) is 3.00. The minimum atomic E-state index is -0.0601. The van der Waals surface area contributed by atoms with Gasteiger partial charge in [-0.3, -0.25) is 4.79 Å². The summed E-state index contributed by atoms with van der Waals surface area (Å²) in [6.45, 7) is 0.665. The lowest BCUT2D eigenvalue weighted by Crippen LogP contribution is -2.25. The van der Waals surface area contributed by atoms with E-state index < -0.39 is 0 Å². The normalized spacial score (nSPS) is 10.4. The van der Waals surface area contributed by atoms with Crippen LogP contribution in [0.25, 0.3) is 0 Å². The molecule has 0 aliphatic carbocycles. The van der Waals surface area contributed by atoms with Gasteiger partial charge in [-0.05, 0) is 45.6 Å². The fourth-order valence-corrected chi connectivity index (χ4v) is 3.95. The Bertz CT molecular complexity index is 587. The largest absolute Gasteiger partial charge is 0.496 e. The highest BCUT2D eigenvalue weighted by molar-refractivity contribution is 9.10. The minimum Gasteiger partial charge on any atom is -0.496 e. The van der Waals surface area contributed by atoms with E-state index in [9.17, 15) is 4.79 Å². The highest BCUT2D eigenvalue weighted by Crippen LogP contribution is 2.25. The molecule has 0 bridgehead atoms. The Hall–Kier alpha value is -0.980. The van der Waals surface area contributed by atoms with Crippen LogP contribution in [0.15, 0.2) is 40.2 Å². The number of carbonyl (C=O) groups excluding carboxylic acids is 1. The zero-order valence-electron chi connectivity index (χ0n) is 11.6. The van der Waals surface area contributed by atoms with E-state index in [-0.39, 0.29) is 5.91 Å². The molecule has 0 radical (unpaired) electrons. The van der Waals surface area contributed by atoms with Crippen molar-refractivity contribution in [3.05, 3.63) is 50.6 Å². The van der Waals surface area contributed by atoms with Gasteiger partial charge in [0.05, 0.1) is 11.6 Å². The third-order valence-electron chi connectivity index (χ3n) is 2.77. The number of halogens is 1. The molecular weight excluding hydrogens is 370 g/mol. The molecule has 1 aromatic heterocycles. The highest BCUT2D eigenvalue weighted by atomic mass is 79.9. The number of benzene rings is 1. The van der Waals surface area contributed by atoms with Gasteiger partial charge in [-0.25, -0.2) is 0 Å². The van der Waals surface area contributed by atoms with Crippen molar-refractivity contribution in [2.24, 2.45) is 0 Å². The molecule has 3 nitrogen and oxygen atoms in total. The molecule has 1 amide bonds. The first-order valence-corrected chi connectivity index (χ1v) is 9.25. The molecule has 0 spiro atoms. The van der Waals surface area contributed by atoms with Crippen LogP contribution in [0, 0.1) is 0 Å². The summed E-state index contributed by atoms with van der Waals surface area (Å²) in [5.41, 5.74) is 0.630. The van der Waals surface area contributed by atoms with Crippen LogP contribution >= 0.6 is 39.0 Å². The zero-order chi connectivity index (χ0) is 15.1. The van der Waals surface area contributed by atoms with Crippen LogP contribution in [0.1, 0.15) is 15.2 Å². The van der Waals surface area contributed by atoms with E-state index in [1.165, 1.54) is 4.88 Å². The lowest BCUT2D eigenvalue weighted by molar-refractivity contribution is 0.0956. The number of hydrogen-bond acceptors (Lipinski definition) is 4. The van der Waals surface area contributed by atoms with Gasteiger partial charge in [0, 0.05) is 28.5 Å². The van der Waals surface area contributed by atoms with Gasteiger partial charge in [0.25, 0.3) is 5.91 Å². The summed E-state index contributed by atoms with van der Waals surface area (Å²) in [4.78, 5) is 13.4. The van der Waals surface area contributed by atoms with E-state index >= 15 is 0 Å². The number of hydrogen-bond donors (Lipinski definition) is 1. The van der Waals surface area contributed by atoms with Crippen molar-refractivity contribution < 1.29 is 9.53 Å². The predicted octanol–water partition coefficient (Wildman–Crippen LogP) is 4.18. The van der Waals surface area contributed by atoms with E-state index in [1.807, 2.05) is 11.8 Å². The minimum absolute atomic E-state index is 0.0601. The van der Waals surface area contributed by atoms with Crippen LogP contribution in [0.3, 0.4) is 0 Å². The van der Waals surface area contributed by atoms with Gasteiger partial charge < -0.3 is 10.1 Å². The third-order valence-corrected chi connectivity index (χ3v) is 5.46. The number of thiophene rings is 1. The molecular formula is C15H16BrNO2S2. The second-order valence-electron chi connectivity index (χ2n) is 4.24. The first-order valence-electron chi connectivity index (χ1n) is 6.42. The maximum Gasteiger partial charge on any atom is 0.251 e. The summed E-state index contributed by atoms with van der Waals surface area (Å²) < 4.78 is 5.93. The van der Waals surface area contributed by atoms with Crippen molar-refractivity contribution in [3.8, 4) is 5.75 Å². The Balaban J connectivity index is 1.73. The molecule has 6 heteroatoms. The molecule has 1 aromatic carbocycles. The molecule has 112 valence electrons. The summed E-state index contributed by atoms with van der Waals surface area (Å²) in [5, 5.41) is 5.01. The Labute approximate surface area is 141 Å². The Morgan fingerprint density at radius 2 is 2.29 bits per heavy atom. The summed E-state index contributed by atoms with van der Waals surface area (Å²) in [6, 6.07) is 9.50. The molecule has 0 saturated carbocycles. The van der Waals surface area contributed by atoms with Gasteiger partial charge >= 0.3 is 0 Å². The van der Waals surface area contributed by atoms with Crippen molar-refractivity contribution in [2.45, 2.75) is 5.75 Å². The molecule has 0 saturated heterocycles. The standard InChI is InChI=1S/C15H16BrNO2S2/c1-19-14-5-4-11(9-13(14)16)15(18)17-6-8-20-10-12-3-2-7-21-12/h2-5,7,9H,6,8,10H2,1H3,(H,17,18). The maximum absolute atomic E-state index is 12.0. The Morgan fingerprint density at radius 1 is 1.43 bits per heavy atom. The van der Waals surface area contributed by atoms with Crippen LogP contribution in [-0.4, -0.2) is 25.3 Å². The van der Waals surface area contributed by atoms with Crippen molar-refractivity contribution in [2.75, 3.05) is 19.4 Å². The Kier molecular flexibility index (Phi) is 6.60. The molecule has 0 atom stereocenters. The van der Waals surface area contributed by atoms with Gasteiger partial charge in [-0.2, -0.15) is 11.8 Å². The van der Waals surface area contributed by atoms with E-state index in [1.54, 1.807) is 36.6 Å². The van der Waals surface area contributed by atoms with E-state index in [2.05, 4.69) is 38.8 Å². The molecule has 0 aliphatic heterocycles. The number of ether oxygens (including phenoxy) is 1. The van der Waals surface area contributed by atoms with E-state index in [0.29, 0.717) is 12.1 Å². The van der Waals surface area contributed by atoms with Crippen LogP contribution in [0.4, 0.5) is 0 Å². The van der Waals surface area contributed by atoms with Crippen molar-refractivity contribution in [1.29, 1.82) is 0 Å². The quantitative estimate of drug-likeness (QED) is 0.726. The summed E-state index contributed by atoms with van der Waals surface area (Å²) in [5.74, 6) is 2.57. The monoisotopic (exact) mass is 385 g/mol. The van der Waals surface area contributed by atoms with Gasteiger partial charge in [0.1, 0.15) is 5.75 Å². The molecule has 21 heavy (non-hydrogen) atoms. The van der Waals surface area contributed by atoms with Crippen LogP contribution in [0.5, 0.6) is 5.75 Å². The van der Waals surface area contributed by atoms with Crippen molar-refractivity contribution in [3.63, 3.8) is 0 Å². The maximum atomic E-state index is 12.0. The van der Waals surface area contributed by atoms with Crippen molar-refractivity contribution >= 4 is 44.9 Å². The second-order valence-corrected chi connectivity index (χ2v) is 7.23. The topological polar surface area (TPSA) is 38.3 Å². The fourth-order valence-electron chi connectivity index (χ4n) is 1.71. The number of methoxy groups -OCH3 is 1. The molecule has 2 rings (SSSR count). The SMILES string of the molecule is COc1ccc(C(=O)NCCSCc2cccs2)cc1Br. The predicted molar refractivity (Wildman–Crippen MR) is 93.5 cm³/mol. The van der Waals surface area contributed by atoms with Gasteiger partial charge in [-0.15, -0.1) is 11.3 Å². The number of nitrogens with one attached hydrogen (secondary N) is 1. The third kappa shape index (κ3) is 5.05. The second kappa shape index (κ2) is 8.46. The molecule has 0 aliphatic rings. The highest BCUT2D eigenvalue weighted by Gasteiger charge is 2.08. The lowest BCUT2D eigenvalue weighted by Gasteiger charge is -2.07. The van der Waals surface area contributed by atoms with Crippen LogP contribution < -0.4 is 10.1 Å². The van der Waals surface area contributed by atoms with E-state index in [4.69, 9.17) is 4.74 Å². The summed E-state index contributed by atoms with van der Waals surface area (Å²) in [7, 11) is 1.60. The Morgan fingerprint density at radius 3 is 2.95 bits per heavy atom. The molecule has 1 heterocycles. The lowest BCUT2D eigenvalue weighted by atomic mass is 10.2. The van der Waals surface area contributed by atoms with E-state index in [0.717, 1.165) is 21.7 Å². The molecule has 0 fully saturated rings. The van der Waals surface area contributed by atoms with Gasteiger partial charge in [-0.1, -0.05) is 6.07 Å². The summed E-state index contributed by atoms with van der Waals surface area (Å²) >= 11 is 6.97. The van der Waals surface area contributed by atoms with Crippen molar-refractivity contribution in [1.82, 2.24) is 5.32 Å². The first-order chi connectivity index (χ1) is 10.2. The summed E-state index contributed by atoms with van der Waals surface area (Å²) in [6.07, 6.45) is 0. The first kappa shape index (κ1) is 16.4.